The van der Waals surface area contributed by atoms with Gasteiger partial charge < -0.3 is 9.84 Å². The second kappa shape index (κ2) is 14.0. The summed E-state index contributed by atoms with van der Waals surface area (Å²) in [6, 6.07) is 29.4. The molecule has 0 bridgehead atoms. The number of piperazine rings is 1. The van der Waals surface area contributed by atoms with Crippen molar-refractivity contribution in [2.24, 2.45) is 0 Å². The standard InChI is InChI=1S/C26H29BrN2O2.2ClH/c27-23-11-13-25(14-12-23)31-20-24(30)19-28-15-17-29(18-16-28)26(21-7-3-1-4-8-21)22-9-5-2-6-10-22;;/h1-14,24,26,30H,15-20H2;2*1H. The molecule has 1 aliphatic rings. The van der Waals surface area contributed by atoms with Crippen molar-refractivity contribution in [2.75, 3.05) is 39.3 Å². The van der Waals surface area contributed by atoms with Crippen LogP contribution in [0.3, 0.4) is 0 Å². The molecule has 0 saturated carbocycles. The third kappa shape index (κ3) is 7.99. The van der Waals surface area contributed by atoms with Crippen molar-refractivity contribution in [2.45, 2.75) is 12.1 Å². The predicted molar refractivity (Wildman–Crippen MR) is 143 cm³/mol. The van der Waals surface area contributed by atoms with Crippen LogP contribution in [-0.2, 0) is 0 Å². The first-order valence-electron chi connectivity index (χ1n) is 10.8. The first-order valence-corrected chi connectivity index (χ1v) is 11.6. The van der Waals surface area contributed by atoms with Crippen LogP contribution in [0.4, 0.5) is 0 Å². The summed E-state index contributed by atoms with van der Waals surface area (Å²) in [5.41, 5.74) is 2.65. The van der Waals surface area contributed by atoms with Crippen molar-refractivity contribution in [1.82, 2.24) is 9.80 Å². The molecule has 0 amide bonds. The fourth-order valence-corrected chi connectivity index (χ4v) is 4.43. The Morgan fingerprint density at radius 3 is 1.79 bits per heavy atom. The van der Waals surface area contributed by atoms with Crippen molar-refractivity contribution in [1.29, 1.82) is 0 Å². The van der Waals surface area contributed by atoms with Crippen LogP contribution in [-0.4, -0.2) is 60.3 Å². The van der Waals surface area contributed by atoms with E-state index >= 15 is 0 Å². The summed E-state index contributed by atoms with van der Waals surface area (Å²) in [5.74, 6) is 0.778. The normalized spacial score (nSPS) is 15.4. The molecular weight excluding hydrogens is 523 g/mol. The maximum atomic E-state index is 10.5. The van der Waals surface area contributed by atoms with E-state index in [1.165, 1.54) is 11.1 Å². The number of nitrogens with zero attached hydrogens (tertiary/aromatic N) is 2. The van der Waals surface area contributed by atoms with Crippen LogP contribution in [0.2, 0.25) is 0 Å². The maximum absolute atomic E-state index is 10.5. The molecule has 33 heavy (non-hydrogen) atoms. The minimum atomic E-state index is -0.505. The Morgan fingerprint density at radius 1 is 0.758 bits per heavy atom. The molecule has 1 fully saturated rings. The lowest BCUT2D eigenvalue weighted by Crippen LogP contribution is -2.50. The summed E-state index contributed by atoms with van der Waals surface area (Å²) < 4.78 is 6.75. The molecule has 1 atom stereocenters. The summed E-state index contributed by atoms with van der Waals surface area (Å²) in [5, 5.41) is 10.5. The van der Waals surface area contributed by atoms with Crippen LogP contribution in [0.5, 0.6) is 5.75 Å². The largest absolute Gasteiger partial charge is 0.491 e. The molecule has 1 unspecified atom stereocenters. The van der Waals surface area contributed by atoms with Gasteiger partial charge in [-0.3, -0.25) is 9.80 Å². The van der Waals surface area contributed by atoms with Crippen LogP contribution in [0.25, 0.3) is 0 Å². The van der Waals surface area contributed by atoms with Gasteiger partial charge in [0.05, 0.1) is 6.04 Å². The summed E-state index contributed by atoms with van der Waals surface area (Å²) in [6.07, 6.45) is -0.505. The van der Waals surface area contributed by atoms with Crippen molar-refractivity contribution < 1.29 is 9.84 Å². The van der Waals surface area contributed by atoms with E-state index in [-0.39, 0.29) is 30.9 Å². The van der Waals surface area contributed by atoms with E-state index < -0.39 is 6.10 Å². The molecule has 1 saturated heterocycles. The Morgan fingerprint density at radius 2 is 1.27 bits per heavy atom. The number of β-amino-alcohol motifs (C(OH)–C–C–N with tert-alkyl or cyclic N) is 1. The summed E-state index contributed by atoms with van der Waals surface area (Å²) in [4.78, 5) is 4.88. The SMILES string of the molecule is Cl.Cl.OC(COc1ccc(Br)cc1)CN1CCN(C(c2ccccc2)c2ccccc2)CC1. The average molecular weight is 554 g/mol. The van der Waals surface area contributed by atoms with E-state index in [0.717, 1.165) is 36.4 Å². The topological polar surface area (TPSA) is 35.9 Å². The highest BCUT2D eigenvalue weighted by Crippen LogP contribution is 2.29. The number of hydrogen-bond donors (Lipinski definition) is 1. The smallest absolute Gasteiger partial charge is 0.119 e. The number of benzene rings is 3. The van der Waals surface area contributed by atoms with Crippen molar-refractivity contribution in [3.05, 3.63) is 101 Å². The Bertz CT molecular complexity index is 885. The minimum absolute atomic E-state index is 0. The summed E-state index contributed by atoms with van der Waals surface area (Å²) in [6.45, 7) is 4.74. The number of aliphatic hydroxyl groups excluding tert-OH is 1. The van der Waals surface area contributed by atoms with E-state index in [0.29, 0.717) is 13.2 Å². The molecule has 1 heterocycles. The monoisotopic (exact) mass is 552 g/mol. The Balaban J connectivity index is 0.00000193. The van der Waals surface area contributed by atoms with Gasteiger partial charge in [0, 0.05) is 37.2 Å². The average Bonchev–Trinajstić information content (AvgIpc) is 2.81. The Kier molecular flexibility index (Phi) is 11.7. The number of aliphatic hydroxyl groups is 1. The molecule has 0 aromatic heterocycles. The van der Waals surface area contributed by atoms with E-state index in [9.17, 15) is 5.11 Å². The van der Waals surface area contributed by atoms with Gasteiger partial charge in [-0.25, -0.2) is 0 Å². The van der Waals surface area contributed by atoms with E-state index in [4.69, 9.17) is 4.74 Å². The molecule has 1 aliphatic heterocycles. The molecule has 178 valence electrons. The number of halogens is 3. The zero-order chi connectivity index (χ0) is 21.5. The first-order chi connectivity index (χ1) is 15.2. The van der Waals surface area contributed by atoms with Gasteiger partial charge in [0.15, 0.2) is 0 Å². The highest BCUT2D eigenvalue weighted by Gasteiger charge is 2.27. The van der Waals surface area contributed by atoms with Crippen molar-refractivity contribution >= 4 is 40.7 Å². The van der Waals surface area contributed by atoms with Gasteiger partial charge >= 0.3 is 0 Å². The Hall–Kier alpha value is -1.60. The number of rotatable bonds is 8. The van der Waals surface area contributed by atoms with Gasteiger partial charge in [-0.2, -0.15) is 0 Å². The van der Waals surface area contributed by atoms with E-state index in [2.05, 4.69) is 86.4 Å². The number of hydrogen-bond acceptors (Lipinski definition) is 4. The van der Waals surface area contributed by atoms with Gasteiger partial charge in [0.1, 0.15) is 18.5 Å². The molecule has 3 aromatic carbocycles. The van der Waals surface area contributed by atoms with Crippen LogP contribution < -0.4 is 4.74 Å². The molecular formula is C26H31BrCl2N2O2. The lowest BCUT2D eigenvalue weighted by atomic mass is 9.96. The molecule has 3 aromatic rings. The van der Waals surface area contributed by atoms with Gasteiger partial charge in [-0.05, 0) is 35.4 Å². The fourth-order valence-electron chi connectivity index (χ4n) is 4.16. The van der Waals surface area contributed by atoms with Crippen LogP contribution in [0.1, 0.15) is 17.2 Å². The van der Waals surface area contributed by atoms with Gasteiger partial charge in [-0.15, -0.1) is 24.8 Å². The molecule has 0 aliphatic carbocycles. The summed E-state index contributed by atoms with van der Waals surface area (Å²) >= 11 is 3.42. The van der Waals surface area contributed by atoms with Gasteiger partial charge in [0.25, 0.3) is 0 Å². The molecule has 0 radical (unpaired) electrons. The lowest BCUT2D eigenvalue weighted by Gasteiger charge is -2.40. The molecule has 1 N–H and O–H groups in total. The van der Waals surface area contributed by atoms with Crippen LogP contribution >= 0.6 is 40.7 Å². The van der Waals surface area contributed by atoms with Gasteiger partial charge in [-0.1, -0.05) is 76.6 Å². The van der Waals surface area contributed by atoms with Crippen LogP contribution in [0.15, 0.2) is 89.4 Å². The van der Waals surface area contributed by atoms with Gasteiger partial charge in [0.2, 0.25) is 0 Å². The minimum Gasteiger partial charge on any atom is -0.491 e. The Labute approximate surface area is 217 Å². The molecule has 0 spiro atoms. The predicted octanol–water partition coefficient (Wildman–Crippen LogP) is 5.44. The van der Waals surface area contributed by atoms with E-state index in [1.807, 2.05) is 24.3 Å². The second-order valence-electron chi connectivity index (χ2n) is 7.98. The molecule has 4 nitrogen and oxygen atoms in total. The zero-order valence-corrected chi connectivity index (χ0v) is 21.6. The fraction of sp³-hybridized carbons (Fsp3) is 0.308. The second-order valence-corrected chi connectivity index (χ2v) is 8.89. The van der Waals surface area contributed by atoms with E-state index in [1.54, 1.807) is 0 Å². The molecule has 7 heteroatoms. The third-order valence-corrected chi connectivity index (χ3v) is 6.26. The number of ether oxygens (including phenoxy) is 1. The summed E-state index contributed by atoms with van der Waals surface area (Å²) in [7, 11) is 0. The quantitative estimate of drug-likeness (QED) is 0.403. The van der Waals surface area contributed by atoms with Crippen molar-refractivity contribution in [3.8, 4) is 5.75 Å². The first kappa shape index (κ1) is 27.6. The lowest BCUT2D eigenvalue weighted by molar-refractivity contribution is 0.0401. The third-order valence-electron chi connectivity index (χ3n) is 5.73. The van der Waals surface area contributed by atoms with Crippen LogP contribution in [0, 0.1) is 0 Å². The zero-order valence-electron chi connectivity index (χ0n) is 18.4. The maximum Gasteiger partial charge on any atom is 0.119 e. The highest BCUT2D eigenvalue weighted by molar-refractivity contribution is 9.10. The van der Waals surface area contributed by atoms with Crippen molar-refractivity contribution in [3.63, 3.8) is 0 Å². The molecule has 4 rings (SSSR count). The highest BCUT2D eigenvalue weighted by atomic mass is 79.9.